The highest BCUT2D eigenvalue weighted by molar-refractivity contribution is 4.85. The van der Waals surface area contributed by atoms with Gasteiger partial charge in [-0.05, 0) is 45.6 Å². The number of hydrogen-bond donors (Lipinski definition) is 2. The number of piperidine rings is 1. The quantitative estimate of drug-likeness (QED) is 0.713. The highest BCUT2D eigenvalue weighted by Gasteiger charge is 2.29. The van der Waals surface area contributed by atoms with Gasteiger partial charge < -0.3 is 15.1 Å². The lowest BCUT2D eigenvalue weighted by Crippen LogP contribution is -2.46. The van der Waals surface area contributed by atoms with E-state index >= 15 is 0 Å². The molecule has 0 aromatic heterocycles. The second-order valence-electron chi connectivity index (χ2n) is 6.26. The Morgan fingerprint density at radius 3 is 1.74 bits per heavy atom. The van der Waals surface area contributed by atoms with Crippen molar-refractivity contribution in [1.29, 1.82) is 0 Å². The molecule has 3 nitrogen and oxygen atoms in total. The molecule has 0 radical (unpaired) electrons. The first kappa shape index (κ1) is 16.9. The fraction of sp³-hybridized carbons (Fsp3) is 1.00. The Hall–Kier alpha value is -0.120. The topological polar surface area (TPSA) is 43.7 Å². The van der Waals surface area contributed by atoms with Crippen molar-refractivity contribution in [2.45, 2.75) is 95.9 Å². The van der Waals surface area contributed by atoms with Crippen molar-refractivity contribution < 1.29 is 10.2 Å². The van der Waals surface area contributed by atoms with Crippen molar-refractivity contribution in [2.75, 3.05) is 7.05 Å². The zero-order valence-corrected chi connectivity index (χ0v) is 13.0. The van der Waals surface area contributed by atoms with Gasteiger partial charge in [-0.3, -0.25) is 0 Å². The van der Waals surface area contributed by atoms with Gasteiger partial charge in [0.15, 0.2) is 0 Å². The molecule has 1 fully saturated rings. The third-order valence-corrected chi connectivity index (χ3v) is 4.56. The predicted octanol–water partition coefficient (Wildman–Crippen LogP) is 2.94. The first-order valence-corrected chi connectivity index (χ1v) is 8.16. The summed E-state index contributed by atoms with van der Waals surface area (Å²) in [5, 5.41) is 20.0. The minimum atomic E-state index is -0.156. The summed E-state index contributed by atoms with van der Waals surface area (Å²) in [5.41, 5.74) is 0. The molecule has 4 atom stereocenters. The molecular weight excluding hydrogens is 238 g/mol. The van der Waals surface area contributed by atoms with Gasteiger partial charge in [0.2, 0.25) is 0 Å². The predicted molar refractivity (Wildman–Crippen MR) is 80.3 cm³/mol. The molecule has 1 saturated heterocycles. The van der Waals surface area contributed by atoms with E-state index in [1.165, 1.54) is 19.3 Å². The molecule has 0 spiro atoms. The molecular formula is C16H33NO2. The van der Waals surface area contributed by atoms with Crippen LogP contribution >= 0.6 is 0 Å². The van der Waals surface area contributed by atoms with Crippen LogP contribution in [0.1, 0.15) is 71.6 Å². The van der Waals surface area contributed by atoms with Crippen molar-refractivity contribution >= 4 is 0 Å². The minimum Gasteiger partial charge on any atom is -0.393 e. The van der Waals surface area contributed by atoms with Gasteiger partial charge in [-0.1, -0.05) is 33.1 Å². The molecule has 0 aliphatic carbocycles. The molecule has 1 heterocycles. The largest absolute Gasteiger partial charge is 0.393 e. The average Bonchev–Trinajstić information content (AvgIpc) is 2.35. The van der Waals surface area contributed by atoms with Crippen LogP contribution in [0.25, 0.3) is 0 Å². The Bertz CT molecular complexity index is 213. The maximum atomic E-state index is 10.00. The van der Waals surface area contributed by atoms with E-state index in [1.54, 1.807) is 0 Å². The Morgan fingerprint density at radius 1 is 0.947 bits per heavy atom. The highest BCUT2D eigenvalue weighted by Crippen LogP contribution is 2.28. The maximum absolute atomic E-state index is 10.00. The Morgan fingerprint density at radius 2 is 1.37 bits per heavy atom. The molecule has 0 unspecified atom stereocenters. The number of nitrogens with zero attached hydrogens (tertiary/aromatic N) is 1. The monoisotopic (exact) mass is 271 g/mol. The summed E-state index contributed by atoms with van der Waals surface area (Å²) in [5.74, 6) is 0. The SMILES string of the molecule is CCC[C@@H](O)C[C@@H]1CCC[C@H](C[C@@H](O)CCC)N1C. The zero-order chi connectivity index (χ0) is 14.3. The van der Waals surface area contributed by atoms with Crippen molar-refractivity contribution in [2.24, 2.45) is 0 Å². The van der Waals surface area contributed by atoms with E-state index in [4.69, 9.17) is 0 Å². The molecule has 0 aromatic carbocycles. The highest BCUT2D eigenvalue weighted by atomic mass is 16.3. The Kier molecular flexibility index (Phi) is 7.96. The third kappa shape index (κ3) is 5.80. The van der Waals surface area contributed by atoms with Crippen LogP contribution in [0, 0.1) is 0 Å². The van der Waals surface area contributed by atoms with Crippen molar-refractivity contribution in [3.05, 3.63) is 0 Å². The van der Waals surface area contributed by atoms with Crippen LogP contribution in [0.4, 0.5) is 0 Å². The number of aliphatic hydroxyl groups excluding tert-OH is 2. The smallest absolute Gasteiger partial charge is 0.0555 e. The van der Waals surface area contributed by atoms with Gasteiger partial charge in [-0.25, -0.2) is 0 Å². The first-order valence-electron chi connectivity index (χ1n) is 8.16. The van der Waals surface area contributed by atoms with Crippen molar-refractivity contribution in [3.63, 3.8) is 0 Å². The van der Waals surface area contributed by atoms with Crippen LogP contribution < -0.4 is 0 Å². The average molecular weight is 271 g/mol. The minimum absolute atomic E-state index is 0.156. The van der Waals surface area contributed by atoms with Crippen molar-refractivity contribution in [3.8, 4) is 0 Å². The summed E-state index contributed by atoms with van der Waals surface area (Å²) in [6, 6.07) is 0.989. The van der Waals surface area contributed by atoms with Gasteiger partial charge in [0.05, 0.1) is 12.2 Å². The summed E-state index contributed by atoms with van der Waals surface area (Å²) in [7, 11) is 2.17. The zero-order valence-electron chi connectivity index (χ0n) is 13.0. The van der Waals surface area contributed by atoms with E-state index in [1.807, 2.05) is 0 Å². The summed E-state index contributed by atoms with van der Waals surface area (Å²) in [4.78, 5) is 2.42. The van der Waals surface area contributed by atoms with E-state index in [9.17, 15) is 10.2 Å². The van der Waals surface area contributed by atoms with Gasteiger partial charge in [-0.2, -0.15) is 0 Å². The lowest BCUT2D eigenvalue weighted by Gasteiger charge is -2.41. The van der Waals surface area contributed by atoms with Gasteiger partial charge >= 0.3 is 0 Å². The van der Waals surface area contributed by atoms with Gasteiger partial charge in [0.1, 0.15) is 0 Å². The van der Waals surface area contributed by atoms with Gasteiger partial charge in [0, 0.05) is 12.1 Å². The lowest BCUT2D eigenvalue weighted by molar-refractivity contribution is 0.0320. The van der Waals surface area contributed by atoms with Crippen LogP contribution in [-0.2, 0) is 0 Å². The molecule has 19 heavy (non-hydrogen) atoms. The van der Waals surface area contributed by atoms with E-state index in [0.29, 0.717) is 12.1 Å². The van der Waals surface area contributed by atoms with Crippen LogP contribution in [0.15, 0.2) is 0 Å². The first-order chi connectivity index (χ1) is 9.08. The van der Waals surface area contributed by atoms with E-state index in [2.05, 4.69) is 25.8 Å². The third-order valence-electron chi connectivity index (χ3n) is 4.56. The maximum Gasteiger partial charge on any atom is 0.0555 e. The molecule has 1 rings (SSSR count). The summed E-state index contributed by atoms with van der Waals surface area (Å²) in [6.07, 6.45) is 9.02. The normalized spacial score (nSPS) is 28.3. The fourth-order valence-corrected chi connectivity index (χ4v) is 3.39. The van der Waals surface area contributed by atoms with Gasteiger partial charge in [0.25, 0.3) is 0 Å². The number of aliphatic hydroxyl groups is 2. The summed E-state index contributed by atoms with van der Waals surface area (Å²) >= 11 is 0. The molecule has 114 valence electrons. The van der Waals surface area contributed by atoms with E-state index < -0.39 is 0 Å². The lowest BCUT2D eigenvalue weighted by atomic mass is 9.89. The molecule has 3 heteroatoms. The molecule has 0 bridgehead atoms. The fourth-order valence-electron chi connectivity index (χ4n) is 3.39. The van der Waals surface area contributed by atoms with Crippen LogP contribution in [0.2, 0.25) is 0 Å². The van der Waals surface area contributed by atoms with Gasteiger partial charge in [-0.15, -0.1) is 0 Å². The number of rotatable bonds is 8. The summed E-state index contributed by atoms with van der Waals surface area (Å²) in [6.45, 7) is 4.25. The molecule has 0 aromatic rings. The summed E-state index contributed by atoms with van der Waals surface area (Å²) < 4.78 is 0. The van der Waals surface area contributed by atoms with E-state index in [0.717, 1.165) is 38.5 Å². The molecule has 0 saturated carbocycles. The second-order valence-corrected chi connectivity index (χ2v) is 6.26. The molecule has 0 amide bonds. The Labute approximate surface area is 119 Å². The molecule has 1 aliphatic rings. The van der Waals surface area contributed by atoms with E-state index in [-0.39, 0.29) is 12.2 Å². The second kappa shape index (κ2) is 8.93. The molecule has 1 aliphatic heterocycles. The Balaban J connectivity index is 2.43. The van der Waals surface area contributed by atoms with Crippen LogP contribution in [0.3, 0.4) is 0 Å². The van der Waals surface area contributed by atoms with Crippen LogP contribution in [-0.4, -0.2) is 46.5 Å². The molecule has 2 N–H and O–H groups in total. The van der Waals surface area contributed by atoms with Crippen molar-refractivity contribution in [1.82, 2.24) is 4.90 Å². The standard InChI is InChI=1S/C16H33NO2/c1-4-7-15(18)11-13-9-6-10-14(17(13)3)12-16(19)8-5-2/h13-16,18-19H,4-12H2,1-3H3/t13-,14+,15+,16-. The number of likely N-dealkylation sites (tertiary alicyclic amines) is 1. The van der Waals surface area contributed by atoms with Crippen LogP contribution in [0.5, 0.6) is 0 Å². The number of hydrogen-bond acceptors (Lipinski definition) is 3.